The second-order valence-electron chi connectivity index (χ2n) is 5.28. The van der Waals surface area contributed by atoms with Crippen LogP contribution in [-0.4, -0.2) is 11.3 Å². The zero-order valence-corrected chi connectivity index (χ0v) is 11.5. The lowest BCUT2D eigenvalue weighted by Gasteiger charge is -2.28. The Morgan fingerprint density at radius 3 is 2.25 bits per heavy atom. The van der Waals surface area contributed by atoms with Crippen molar-refractivity contribution in [3.05, 3.63) is 34.4 Å². The number of nitrogens with zero attached hydrogens (tertiary/aromatic N) is 1. The van der Waals surface area contributed by atoms with Gasteiger partial charge < -0.3 is 0 Å². The molecular weight excluding hydrogens is 218 g/mol. The van der Waals surface area contributed by atoms with E-state index in [1.165, 1.54) is 28.0 Å². The third-order valence-corrected chi connectivity index (χ3v) is 3.20. The first-order chi connectivity index (χ1) is 6.89. The van der Waals surface area contributed by atoms with E-state index in [-0.39, 0.29) is 17.9 Å². The molecule has 16 heavy (non-hydrogen) atoms. The van der Waals surface area contributed by atoms with Gasteiger partial charge in [-0.3, -0.25) is 4.99 Å². The van der Waals surface area contributed by atoms with Crippen LogP contribution in [0.3, 0.4) is 0 Å². The molecule has 0 amide bonds. The molecule has 0 unspecified atom stereocenters. The Kier molecular flexibility index (Phi) is 3.49. The lowest BCUT2D eigenvalue weighted by atomic mass is 9.85. The average Bonchev–Trinajstić information content (AvgIpc) is 2.07. The molecule has 2 rings (SSSR count). The summed E-state index contributed by atoms with van der Waals surface area (Å²) in [6, 6.07) is 4.60. The zero-order valence-electron chi connectivity index (χ0n) is 10.7. The summed E-state index contributed by atoms with van der Waals surface area (Å²) in [5, 5.41) is 0. The molecule has 0 saturated carbocycles. The van der Waals surface area contributed by atoms with E-state index in [0.717, 1.165) is 6.42 Å². The van der Waals surface area contributed by atoms with Gasteiger partial charge in [0.15, 0.2) is 0 Å². The summed E-state index contributed by atoms with van der Waals surface area (Å²) in [5.41, 5.74) is 6.80. The maximum Gasteiger partial charge on any atom is 0.0595 e. The predicted octanol–water partition coefficient (Wildman–Crippen LogP) is 3.87. The molecule has 0 atom stereocenters. The molecule has 88 valence electrons. The number of hydrogen-bond acceptors (Lipinski definition) is 1. The molecule has 1 aromatic carbocycles. The summed E-state index contributed by atoms with van der Waals surface area (Å²) in [7, 11) is 0. The van der Waals surface area contributed by atoms with Gasteiger partial charge in [0.05, 0.1) is 5.54 Å². The third kappa shape index (κ3) is 2.30. The van der Waals surface area contributed by atoms with Crippen LogP contribution in [0, 0.1) is 13.8 Å². The highest BCUT2D eigenvalue weighted by Gasteiger charge is 2.25. The van der Waals surface area contributed by atoms with Gasteiger partial charge >= 0.3 is 0 Å². The maximum absolute atomic E-state index is 4.74. The van der Waals surface area contributed by atoms with Gasteiger partial charge in [-0.1, -0.05) is 6.07 Å². The van der Waals surface area contributed by atoms with Crippen LogP contribution in [0.15, 0.2) is 17.1 Å². The van der Waals surface area contributed by atoms with Gasteiger partial charge in [-0.25, -0.2) is 0 Å². The molecule has 1 heterocycles. The fraction of sp³-hybridized carbons (Fsp3) is 0.500. The van der Waals surface area contributed by atoms with Crippen LogP contribution < -0.4 is 0 Å². The normalized spacial score (nSPS) is 17.2. The Hall–Kier alpha value is -0.820. The van der Waals surface area contributed by atoms with Gasteiger partial charge in [0.1, 0.15) is 0 Å². The van der Waals surface area contributed by atoms with Crippen molar-refractivity contribution in [2.45, 2.75) is 46.6 Å². The molecule has 0 fully saturated rings. The molecule has 2 heteroatoms. The van der Waals surface area contributed by atoms with Crippen LogP contribution in [0.5, 0.6) is 0 Å². The Labute approximate surface area is 104 Å². The van der Waals surface area contributed by atoms with Crippen molar-refractivity contribution in [1.29, 1.82) is 0 Å². The van der Waals surface area contributed by atoms with Gasteiger partial charge in [0.25, 0.3) is 0 Å². The maximum atomic E-state index is 4.74. The van der Waals surface area contributed by atoms with Crippen molar-refractivity contribution in [2.24, 2.45) is 4.99 Å². The molecule has 1 nitrogen and oxygen atoms in total. The topological polar surface area (TPSA) is 12.4 Å². The second-order valence-corrected chi connectivity index (χ2v) is 5.28. The van der Waals surface area contributed by atoms with Crippen LogP contribution in [0.2, 0.25) is 0 Å². The smallest absolute Gasteiger partial charge is 0.0595 e. The highest BCUT2D eigenvalue weighted by molar-refractivity contribution is 6.01. The minimum Gasteiger partial charge on any atom is -0.283 e. The van der Waals surface area contributed by atoms with Crippen LogP contribution >= 0.6 is 12.4 Å². The summed E-state index contributed by atoms with van der Waals surface area (Å²) in [6.45, 7) is 10.9. The molecule has 0 aromatic heterocycles. The van der Waals surface area contributed by atoms with Crippen molar-refractivity contribution in [1.82, 2.24) is 0 Å². The van der Waals surface area contributed by atoms with Crippen molar-refractivity contribution in [3.63, 3.8) is 0 Å². The Morgan fingerprint density at radius 1 is 1.06 bits per heavy atom. The fourth-order valence-electron chi connectivity index (χ4n) is 2.38. The van der Waals surface area contributed by atoms with Crippen LogP contribution in [0.1, 0.15) is 43.0 Å². The van der Waals surface area contributed by atoms with E-state index in [0.29, 0.717) is 0 Å². The van der Waals surface area contributed by atoms with E-state index in [4.69, 9.17) is 4.99 Å². The lowest BCUT2D eigenvalue weighted by Crippen LogP contribution is -2.28. The average molecular weight is 238 g/mol. The van der Waals surface area contributed by atoms with E-state index >= 15 is 0 Å². The second kappa shape index (κ2) is 4.21. The van der Waals surface area contributed by atoms with Crippen LogP contribution in [-0.2, 0) is 6.42 Å². The van der Waals surface area contributed by atoms with Crippen molar-refractivity contribution in [3.8, 4) is 0 Å². The monoisotopic (exact) mass is 237 g/mol. The predicted molar refractivity (Wildman–Crippen MR) is 73.2 cm³/mol. The van der Waals surface area contributed by atoms with Gasteiger partial charge in [-0.05, 0) is 69.4 Å². The molecule has 0 aliphatic carbocycles. The van der Waals surface area contributed by atoms with E-state index < -0.39 is 0 Å². The molecule has 0 bridgehead atoms. The van der Waals surface area contributed by atoms with Gasteiger partial charge in [0.2, 0.25) is 0 Å². The van der Waals surface area contributed by atoms with Gasteiger partial charge in [-0.2, -0.15) is 0 Å². The fourth-order valence-corrected chi connectivity index (χ4v) is 2.38. The van der Waals surface area contributed by atoms with E-state index in [1.807, 2.05) is 0 Å². The van der Waals surface area contributed by atoms with E-state index in [9.17, 15) is 0 Å². The quantitative estimate of drug-likeness (QED) is 0.650. The molecule has 0 spiro atoms. The van der Waals surface area contributed by atoms with Crippen molar-refractivity contribution < 1.29 is 0 Å². The molecular formula is C14H20ClN. The number of hydrogen-bond donors (Lipinski definition) is 0. The lowest BCUT2D eigenvalue weighted by molar-refractivity contribution is 0.512. The first kappa shape index (κ1) is 13.2. The first-order valence-electron chi connectivity index (χ1n) is 5.56. The number of benzene rings is 1. The minimum absolute atomic E-state index is 0. The van der Waals surface area contributed by atoms with Gasteiger partial charge in [-0.15, -0.1) is 12.4 Å². The molecule has 1 aliphatic heterocycles. The molecule has 0 saturated heterocycles. The van der Waals surface area contributed by atoms with Crippen LogP contribution in [0.25, 0.3) is 0 Å². The SMILES string of the molecule is CC1=NC(C)(C)Cc2cc(C)c(C)cc21.Cl. The number of halogens is 1. The largest absolute Gasteiger partial charge is 0.283 e. The van der Waals surface area contributed by atoms with Crippen molar-refractivity contribution in [2.75, 3.05) is 0 Å². The third-order valence-electron chi connectivity index (χ3n) is 3.20. The first-order valence-corrected chi connectivity index (χ1v) is 5.56. The Bertz CT molecular complexity index is 444. The number of aryl methyl sites for hydroxylation is 2. The van der Waals surface area contributed by atoms with E-state index in [2.05, 4.69) is 46.8 Å². The van der Waals surface area contributed by atoms with Crippen LogP contribution in [0.4, 0.5) is 0 Å². The Morgan fingerprint density at radius 2 is 1.62 bits per heavy atom. The number of aliphatic imine (C=N–C) groups is 1. The Balaban J connectivity index is 0.00000128. The standard InChI is InChI=1S/C14H19N.ClH/c1-9-6-12-8-14(4,5)15-11(3)13(12)7-10(9)2;/h6-7H,8H2,1-5H3;1H. The summed E-state index contributed by atoms with van der Waals surface area (Å²) in [5.74, 6) is 0. The van der Waals surface area contributed by atoms with Gasteiger partial charge in [0, 0.05) is 5.71 Å². The van der Waals surface area contributed by atoms with Crippen molar-refractivity contribution >= 4 is 18.1 Å². The summed E-state index contributed by atoms with van der Waals surface area (Å²) >= 11 is 0. The number of fused-ring (bicyclic) bond motifs is 1. The summed E-state index contributed by atoms with van der Waals surface area (Å²) in [4.78, 5) is 4.74. The molecule has 1 aliphatic rings. The summed E-state index contributed by atoms with van der Waals surface area (Å²) in [6.07, 6.45) is 1.06. The minimum atomic E-state index is 0. The van der Waals surface area contributed by atoms with E-state index in [1.54, 1.807) is 0 Å². The zero-order chi connectivity index (χ0) is 11.2. The highest BCUT2D eigenvalue weighted by atomic mass is 35.5. The summed E-state index contributed by atoms with van der Waals surface area (Å²) < 4.78 is 0. The molecule has 0 N–H and O–H groups in total. The molecule has 1 aromatic rings. The highest BCUT2D eigenvalue weighted by Crippen LogP contribution is 2.28. The number of rotatable bonds is 0. The molecule has 0 radical (unpaired) electrons.